The zero-order valence-corrected chi connectivity index (χ0v) is 10.7. The number of carbonyl (C=O) groups is 1. The lowest BCUT2D eigenvalue weighted by Gasteiger charge is -2.15. The maximum atomic E-state index is 11.4. The van der Waals surface area contributed by atoms with Crippen LogP contribution >= 0.6 is 0 Å². The smallest absolute Gasteiger partial charge is 0.407 e. The van der Waals surface area contributed by atoms with Gasteiger partial charge >= 0.3 is 6.09 Å². The molecule has 0 saturated heterocycles. The van der Waals surface area contributed by atoms with E-state index in [0.29, 0.717) is 6.61 Å². The molecule has 0 radical (unpaired) electrons. The highest BCUT2D eigenvalue weighted by Gasteiger charge is 2.09. The van der Waals surface area contributed by atoms with Crippen LogP contribution in [0.3, 0.4) is 0 Å². The number of ether oxygens (including phenoxy) is 3. The van der Waals surface area contributed by atoms with Crippen molar-refractivity contribution in [2.24, 2.45) is 0 Å². The predicted octanol–water partition coefficient (Wildman–Crippen LogP) is 1.92. The maximum Gasteiger partial charge on any atom is 0.407 e. The Morgan fingerprint density at radius 1 is 1.33 bits per heavy atom. The molecule has 0 aromatic heterocycles. The first-order valence-electron chi connectivity index (χ1n) is 5.85. The Morgan fingerprint density at radius 2 is 2.06 bits per heavy atom. The largest absolute Gasteiger partial charge is 0.445 e. The third kappa shape index (κ3) is 5.65. The summed E-state index contributed by atoms with van der Waals surface area (Å²) in [5.41, 5.74) is 0.945. The molecule has 1 unspecified atom stereocenters. The lowest BCUT2D eigenvalue weighted by molar-refractivity contribution is -0.116. The van der Waals surface area contributed by atoms with Crippen molar-refractivity contribution >= 4 is 6.09 Å². The fraction of sp³-hybridized carbons (Fsp3) is 0.462. The van der Waals surface area contributed by atoms with Gasteiger partial charge in [0.1, 0.15) is 6.61 Å². The van der Waals surface area contributed by atoms with Gasteiger partial charge in [0.2, 0.25) is 0 Å². The molecular formula is C13H19NO4. The number of nitrogens with one attached hydrogen (secondary N) is 1. The van der Waals surface area contributed by atoms with E-state index in [2.05, 4.69) is 5.32 Å². The van der Waals surface area contributed by atoms with E-state index >= 15 is 0 Å². The first kappa shape index (κ1) is 14.5. The van der Waals surface area contributed by atoms with E-state index in [0.717, 1.165) is 5.56 Å². The Balaban J connectivity index is 2.21. The Labute approximate surface area is 107 Å². The van der Waals surface area contributed by atoms with Crippen molar-refractivity contribution in [3.05, 3.63) is 35.9 Å². The lowest BCUT2D eigenvalue weighted by atomic mass is 10.2. The molecule has 0 aliphatic rings. The number of amides is 1. The maximum absolute atomic E-state index is 11.4. The van der Waals surface area contributed by atoms with Crippen molar-refractivity contribution in [1.29, 1.82) is 0 Å². The van der Waals surface area contributed by atoms with Gasteiger partial charge in [0.15, 0.2) is 6.29 Å². The summed E-state index contributed by atoms with van der Waals surface area (Å²) in [6, 6.07) is 9.49. The minimum absolute atomic E-state index is 0.249. The minimum Gasteiger partial charge on any atom is -0.445 e. The first-order chi connectivity index (χ1) is 8.76. The molecule has 0 aliphatic carbocycles. The quantitative estimate of drug-likeness (QED) is 0.754. The van der Waals surface area contributed by atoms with Gasteiger partial charge in [-0.2, -0.15) is 0 Å². The van der Waals surface area contributed by atoms with Crippen molar-refractivity contribution in [2.75, 3.05) is 20.3 Å². The van der Waals surface area contributed by atoms with Crippen LogP contribution in [-0.2, 0) is 20.8 Å². The molecule has 0 aliphatic heterocycles. The summed E-state index contributed by atoms with van der Waals surface area (Å²) in [6.07, 6.45) is -0.931. The van der Waals surface area contributed by atoms with Crippen LogP contribution in [0.25, 0.3) is 0 Å². The fourth-order valence-electron chi connectivity index (χ4n) is 1.34. The number of carbonyl (C=O) groups excluding carboxylic acids is 1. The molecule has 0 saturated carbocycles. The van der Waals surface area contributed by atoms with Gasteiger partial charge in [-0.3, -0.25) is 0 Å². The summed E-state index contributed by atoms with van der Waals surface area (Å²) in [4.78, 5) is 11.4. The number of rotatable bonds is 7. The van der Waals surface area contributed by atoms with E-state index in [1.807, 2.05) is 37.3 Å². The van der Waals surface area contributed by atoms with Crippen LogP contribution in [0.4, 0.5) is 4.79 Å². The number of hydrogen-bond acceptors (Lipinski definition) is 4. The number of alkyl carbamates (subject to hydrolysis) is 1. The highest BCUT2D eigenvalue weighted by Crippen LogP contribution is 2.00. The molecule has 18 heavy (non-hydrogen) atoms. The van der Waals surface area contributed by atoms with Crippen molar-refractivity contribution < 1.29 is 19.0 Å². The van der Waals surface area contributed by atoms with Crippen molar-refractivity contribution in [2.45, 2.75) is 19.8 Å². The molecule has 100 valence electrons. The highest BCUT2D eigenvalue weighted by molar-refractivity contribution is 5.67. The zero-order valence-electron chi connectivity index (χ0n) is 10.7. The molecule has 0 bridgehead atoms. The van der Waals surface area contributed by atoms with Gasteiger partial charge in [-0.25, -0.2) is 4.79 Å². The van der Waals surface area contributed by atoms with Crippen LogP contribution < -0.4 is 5.32 Å². The van der Waals surface area contributed by atoms with Gasteiger partial charge in [0.05, 0.1) is 6.54 Å². The summed E-state index contributed by atoms with van der Waals surface area (Å²) in [5.74, 6) is 0. The van der Waals surface area contributed by atoms with Crippen LogP contribution in [0.2, 0.25) is 0 Å². The molecule has 1 amide bonds. The van der Waals surface area contributed by atoms with Gasteiger partial charge in [-0.05, 0) is 12.5 Å². The lowest BCUT2D eigenvalue weighted by Crippen LogP contribution is -2.35. The minimum atomic E-state index is -0.486. The Hall–Kier alpha value is -1.59. The molecule has 0 heterocycles. The average molecular weight is 253 g/mol. The van der Waals surface area contributed by atoms with E-state index in [4.69, 9.17) is 14.2 Å². The van der Waals surface area contributed by atoms with Crippen LogP contribution in [-0.4, -0.2) is 32.6 Å². The summed E-state index contributed by atoms with van der Waals surface area (Å²) < 4.78 is 15.3. The second-order valence-electron chi connectivity index (χ2n) is 3.56. The molecular weight excluding hydrogens is 234 g/mol. The topological polar surface area (TPSA) is 56.8 Å². The summed E-state index contributed by atoms with van der Waals surface area (Å²) >= 11 is 0. The monoisotopic (exact) mass is 253 g/mol. The standard InChI is InChI=1S/C13H19NO4/c1-3-17-12(16-2)9-14-13(15)18-10-11-7-5-4-6-8-11/h4-8,12H,3,9-10H2,1-2H3,(H,14,15). The first-order valence-corrected chi connectivity index (χ1v) is 5.85. The normalized spacial score (nSPS) is 11.9. The molecule has 5 nitrogen and oxygen atoms in total. The second kappa shape index (κ2) is 8.49. The van der Waals surface area contributed by atoms with Gasteiger partial charge in [-0.15, -0.1) is 0 Å². The summed E-state index contributed by atoms with van der Waals surface area (Å²) in [5, 5.41) is 2.58. The van der Waals surface area contributed by atoms with Gasteiger partial charge < -0.3 is 19.5 Å². The van der Waals surface area contributed by atoms with Crippen molar-refractivity contribution in [3.63, 3.8) is 0 Å². The van der Waals surface area contributed by atoms with Crippen LogP contribution in [0.15, 0.2) is 30.3 Å². The van der Waals surface area contributed by atoms with Gasteiger partial charge in [0.25, 0.3) is 0 Å². The predicted molar refractivity (Wildman–Crippen MR) is 67.1 cm³/mol. The molecule has 1 aromatic rings. The zero-order chi connectivity index (χ0) is 13.2. The number of hydrogen-bond donors (Lipinski definition) is 1. The molecule has 0 fully saturated rings. The van der Waals surface area contributed by atoms with E-state index in [-0.39, 0.29) is 13.2 Å². The van der Waals surface area contributed by atoms with Gasteiger partial charge in [-0.1, -0.05) is 30.3 Å². The summed E-state index contributed by atoms with van der Waals surface area (Å²) in [6.45, 7) is 2.90. The molecule has 5 heteroatoms. The third-order valence-electron chi connectivity index (χ3n) is 2.24. The Morgan fingerprint density at radius 3 is 2.67 bits per heavy atom. The number of benzene rings is 1. The van der Waals surface area contributed by atoms with E-state index in [1.165, 1.54) is 7.11 Å². The second-order valence-corrected chi connectivity index (χ2v) is 3.56. The van der Waals surface area contributed by atoms with E-state index < -0.39 is 12.4 Å². The average Bonchev–Trinajstić information content (AvgIpc) is 2.42. The third-order valence-corrected chi connectivity index (χ3v) is 2.24. The van der Waals surface area contributed by atoms with Gasteiger partial charge in [0, 0.05) is 13.7 Å². The summed E-state index contributed by atoms with van der Waals surface area (Å²) in [7, 11) is 1.53. The molecule has 1 aromatic carbocycles. The highest BCUT2D eigenvalue weighted by atomic mass is 16.7. The van der Waals surface area contributed by atoms with Crippen LogP contribution in [0, 0.1) is 0 Å². The molecule has 0 spiro atoms. The van der Waals surface area contributed by atoms with Crippen molar-refractivity contribution in [1.82, 2.24) is 5.32 Å². The van der Waals surface area contributed by atoms with E-state index in [1.54, 1.807) is 0 Å². The van der Waals surface area contributed by atoms with Crippen molar-refractivity contribution in [3.8, 4) is 0 Å². The van der Waals surface area contributed by atoms with Crippen LogP contribution in [0.5, 0.6) is 0 Å². The number of methoxy groups -OCH3 is 1. The molecule has 1 N–H and O–H groups in total. The fourth-order valence-corrected chi connectivity index (χ4v) is 1.34. The molecule has 1 atom stereocenters. The molecule has 1 rings (SSSR count). The van der Waals surface area contributed by atoms with Crippen LogP contribution in [0.1, 0.15) is 12.5 Å². The van der Waals surface area contributed by atoms with E-state index in [9.17, 15) is 4.79 Å². The Kier molecular flexibility index (Phi) is 6.83. The SMILES string of the molecule is CCOC(CNC(=O)OCc1ccccc1)OC. The Bertz CT molecular complexity index is 342.